The molecule has 0 saturated carbocycles. The number of hydrogen-bond acceptors (Lipinski definition) is 9. The van der Waals surface area contributed by atoms with Gasteiger partial charge in [0.05, 0.1) is 16.8 Å². The minimum Gasteiger partial charge on any atom is -0.453 e. The molecule has 0 spiro atoms. The van der Waals surface area contributed by atoms with Gasteiger partial charge in [0.25, 0.3) is 6.23 Å². The van der Waals surface area contributed by atoms with Gasteiger partial charge in [0.15, 0.2) is 5.75 Å². The van der Waals surface area contributed by atoms with Crippen molar-refractivity contribution in [1.82, 2.24) is 9.97 Å². The van der Waals surface area contributed by atoms with Crippen LogP contribution < -0.4 is 4.74 Å². The van der Waals surface area contributed by atoms with E-state index < -0.39 is 22.0 Å². The van der Waals surface area contributed by atoms with Crippen molar-refractivity contribution in [3.05, 3.63) is 82.0 Å². The molecule has 2 atom stereocenters. The quantitative estimate of drug-likeness (QED) is 0.182. The molecule has 0 saturated heterocycles. The number of nitro groups is 1. The van der Waals surface area contributed by atoms with Crippen molar-refractivity contribution in [2.45, 2.75) is 16.3 Å². The molecule has 10 nitrogen and oxygen atoms in total. The molecule has 2 aromatic carbocycles. The van der Waals surface area contributed by atoms with E-state index in [2.05, 4.69) is 20.1 Å². The molecule has 0 radical (unpaired) electrons. The van der Waals surface area contributed by atoms with Gasteiger partial charge in [-0.2, -0.15) is 0 Å². The standard InChI is InChI=1S/C18H13N5O5S/c24-22-17(28-16-5-2-1-4-15(16)23(25)26)12-21-13-6-8-14(9-7-13)29(27)18-19-10-3-11-20-18/h1-12,17H. The van der Waals surface area contributed by atoms with Gasteiger partial charge >= 0.3 is 5.69 Å². The van der Waals surface area contributed by atoms with Gasteiger partial charge in [-0.1, -0.05) is 12.1 Å². The molecule has 146 valence electrons. The van der Waals surface area contributed by atoms with E-state index in [-0.39, 0.29) is 16.6 Å². The highest BCUT2D eigenvalue weighted by Crippen LogP contribution is 2.27. The molecule has 29 heavy (non-hydrogen) atoms. The molecule has 0 aliphatic rings. The summed E-state index contributed by atoms with van der Waals surface area (Å²) in [7, 11) is -1.53. The Labute approximate surface area is 166 Å². The van der Waals surface area contributed by atoms with Crippen molar-refractivity contribution >= 4 is 28.4 Å². The van der Waals surface area contributed by atoms with Crippen molar-refractivity contribution in [3.8, 4) is 5.75 Å². The Kier molecular flexibility index (Phi) is 6.43. The summed E-state index contributed by atoms with van der Waals surface area (Å²) in [5.74, 6) is -0.0952. The molecule has 0 fully saturated rings. The molecule has 0 N–H and O–H groups in total. The summed E-state index contributed by atoms with van der Waals surface area (Å²) in [6, 6.07) is 13.6. The van der Waals surface area contributed by atoms with Crippen molar-refractivity contribution in [2.24, 2.45) is 10.2 Å². The lowest BCUT2D eigenvalue weighted by Gasteiger charge is -2.08. The number of hydrogen-bond donors (Lipinski definition) is 0. The van der Waals surface area contributed by atoms with Crippen LogP contribution in [0.5, 0.6) is 5.75 Å². The first-order chi connectivity index (χ1) is 14.1. The van der Waals surface area contributed by atoms with Crippen LogP contribution in [0.4, 0.5) is 11.4 Å². The minimum absolute atomic E-state index is 0.0952. The van der Waals surface area contributed by atoms with Crippen LogP contribution in [0, 0.1) is 15.0 Å². The zero-order chi connectivity index (χ0) is 20.6. The zero-order valence-electron chi connectivity index (χ0n) is 14.7. The van der Waals surface area contributed by atoms with Crippen LogP contribution >= 0.6 is 0 Å². The number of rotatable bonds is 8. The number of nitro benzene ring substituents is 1. The Morgan fingerprint density at radius 1 is 1.07 bits per heavy atom. The Hall–Kier alpha value is -3.86. The summed E-state index contributed by atoms with van der Waals surface area (Å²) >= 11 is 0. The first-order valence-electron chi connectivity index (χ1n) is 8.14. The molecule has 3 aromatic rings. The van der Waals surface area contributed by atoms with Crippen LogP contribution in [0.2, 0.25) is 0 Å². The molecule has 3 rings (SSSR count). The van der Waals surface area contributed by atoms with Gasteiger partial charge in [-0.25, -0.2) is 14.2 Å². The largest absolute Gasteiger partial charge is 0.453 e. The molecule has 2 unspecified atom stereocenters. The molecular formula is C18H13N5O5S. The maximum atomic E-state index is 12.4. The van der Waals surface area contributed by atoms with E-state index in [4.69, 9.17) is 4.74 Å². The van der Waals surface area contributed by atoms with E-state index >= 15 is 0 Å². The van der Waals surface area contributed by atoms with Crippen molar-refractivity contribution in [2.75, 3.05) is 0 Å². The van der Waals surface area contributed by atoms with Gasteiger partial charge in [0.2, 0.25) is 5.16 Å². The third-order valence-corrected chi connectivity index (χ3v) is 4.77. The molecule has 0 aliphatic heterocycles. The maximum absolute atomic E-state index is 12.4. The summed E-state index contributed by atoms with van der Waals surface area (Å²) in [5, 5.41) is 14.0. The van der Waals surface area contributed by atoms with Crippen LogP contribution in [0.25, 0.3) is 0 Å². The van der Waals surface area contributed by atoms with E-state index in [1.165, 1.54) is 36.7 Å². The fraction of sp³-hybridized carbons (Fsp3) is 0.0556. The van der Waals surface area contributed by atoms with Crippen LogP contribution in [0.15, 0.2) is 87.2 Å². The Bertz CT molecular complexity index is 1060. The number of nitroso groups, excluding NO2 is 1. The summed E-state index contributed by atoms with van der Waals surface area (Å²) in [6.07, 6.45) is 2.77. The molecule has 1 heterocycles. The molecule has 1 aromatic heterocycles. The van der Waals surface area contributed by atoms with Crippen molar-refractivity contribution in [1.29, 1.82) is 0 Å². The van der Waals surface area contributed by atoms with Gasteiger partial charge in [-0.15, -0.1) is 4.91 Å². The Morgan fingerprint density at radius 3 is 2.41 bits per heavy atom. The van der Waals surface area contributed by atoms with Crippen LogP contribution in [0.1, 0.15) is 0 Å². The number of para-hydroxylation sites is 2. The summed E-state index contributed by atoms with van der Waals surface area (Å²) < 4.78 is 17.6. The second-order valence-electron chi connectivity index (χ2n) is 5.41. The van der Waals surface area contributed by atoms with E-state index in [9.17, 15) is 19.2 Å². The van der Waals surface area contributed by atoms with E-state index in [0.29, 0.717) is 10.6 Å². The SMILES string of the molecule is O=NC(C=Nc1ccc(S(=O)c2ncccn2)cc1)Oc1ccccc1[N+](=O)[O-]. The van der Waals surface area contributed by atoms with Gasteiger partial charge in [-0.05, 0) is 41.6 Å². The van der Waals surface area contributed by atoms with Crippen molar-refractivity contribution in [3.63, 3.8) is 0 Å². The number of aliphatic imine (C=N–C) groups is 1. The predicted molar refractivity (Wildman–Crippen MR) is 105 cm³/mol. The fourth-order valence-corrected chi connectivity index (χ4v) is 3.12. The second-order valence-corrected chi connectivity index (χ2v) is 6.78. The third kappa shape index (κ3) is 5.11. The number of aromatic nitrogens is 2. The normalized spacial score (nSPS) is 13.0. The lowest BCUT2D eigenvalue weighted by Crippen LogP contribution is -2.15. The first-order valence-corrected chi connectivity index (χ1v) is 9.29. The summed E-state index contributed by atoms with van der Waals surface area (Å²) in [5.41, 5.74) is 0.157. The lowest BCUT2D eigenvalue weighted by molar-refractivity contribution is -0.386. The maximum Gasteiger partial charge on any atom is 0.311 e. The Morgan fingerprint density at radius 2 is 1.76 bits per heavy atom. The van der Waals surface area contributed by atoms with Crippen molar-refractivity contribution < 1.29 is 13.9 Å². The zero-order valence-corrected chi connectivity index (χ0v) is 15.5. The second kappa shape index (κ2) is 9.37. The highest BCUT2D eigenvalue weighted by molar-refractivity contribution is 7.84. The lowest BCUT2D eigenvalue weighted by atomic mass is 10.3. The molecular weight excluding hydrogens is 398 g/mol. The summed E-state index contributed by atoms with van der Waals surface area (Å²) in [6.45, 7) is 0. The van der Waals surface area contributed by atoms with E-state index in [1.807, 2.05) is 0 Å². The molecule has 11 heteroatoms. The van der Waals surface area contributed by atoms with E-state index in [0.717, 1.165) is 6.21 Å². The minimum atomic E-state index is -1.53. The highest BCUT2D eigenvalue weighted by Gasteiger charge is 2.17. The Balaban J connectivity index is 1.71. The van der Waals surface area contributed by atoms with Gasteiger partial charge in [-0.3, -0.25) is 15.1 Å². The monoisotopic (exact) mass is 411 g/mol. The molecule has 0 amide bonds. The van der Waals surface area contributed by atoms with Crippen LogP contribution in [0.3, 0.4) is 0 Å². The van der Waals surface area contributed by atoms with E-state index in [1.54, 1.807) is 30.3 Å². The van der Waals surface area contributed by atoms with Gasteiger partial charge in [0, 0.05) is 23.4 Å². The third-order valence-electron chi connectivity index (χ3n) is 3.52. The van der Waals surface area contributed by atoms with Crippen LogP contribution in [-0.4, -0.2) is 31.5 Å². The predicted octanol–water partition coefficient (Wildman–Crippen LogP) is 3.43. The summed E-state index contributed by atoms with van der Waals surface area (Å²) in [4.78, 5) is 33.9. The topological polar surface area (TPSA) is 137 Å². The molecule has 0 bridgehead atoms. The van der Waals surface area contributed by atoms with Crippen LogP contribution in [-0.2, 0) is 10.8 Å². The van der Waals surface area contributed by atoms with Gasteiger partial charge < -0.3 is 4.74 Å². The first kappa shape index (κ1) is 19.9. The average Bonchev–Trinajstić information content (AvgIpc) is 2.77. The fourth-order valence-electron chi connectivity index (χ4n) is 2.21. The number of nitrogens with zero attached hydrogens (tertiary/aromatic N) is 5. The average molecular weight is 411 g/mol. The highest BCUT2D eigenvalue weighted by atomic mass is 32.2. The number of ether oxygens (including phenoxy) is 1. The molecule has 0 aliphatic carbocycles. The number of benzene rings is 2. The van der Waals surface area contributed by atoms with Gasteiger partial charge in [0.1, 0.15) is 10.8 Å². The smallest absolute Gasteiger partial charge is 0.311 e.